The Morgan fingerprint density at radius 2 is 1.95 bits per heavy atom. The molecule has 116 valence electrons. The van der Waals surface area contributed by atoms with Gasteiger partial charge in [-0.25, -0.2) is 0 Å². The number of carbonyl (C=O) groups excluding carboxylic acids is 1. The minimum Gasteiger partial charge on any atom is -0.332 e. The average Bonchev–Trinajstić information content (AvgIpc) is 2.51. The van der Waals surface area contributed by atoms with Crippen LogP contribution in [0, 0.1) is 0 Å². The molecule has 0 aliphatic carbocycles. The normalized spacial score (nSPS) is 10.7. The average molecular weight is 318 g/mol. The van der Waals surface area contributed by atoms with Crippen molar-refractivity contribution in [1.82, 2.24) is 14.8 Å². The van der Waals surface area contributed by atoms with Crippen LogP contribution in [0.4, 0.5) is 0 Å². The van der Waals surface area contributed by atoms with E-state index in [-0.39, 0.29) is 5.91 Å². The second-order valence-corrected chi connectivity index (χ2v) is 5.81. The van der Waals surface area contributed by atoms with Crippen LogP contribution in [-0.2, 0) is 6.54 Å². The molecule has 1 amide bonds. The number of likely N-dealkylation sites (N-methyl/N-ethyl adjacent to an activating group) is 1. The summed E-state index contributed by atoms with van der Waals surface area (Å²) in [4.78, 5) is 20.7. The minimum atomic E-state index is -0.0672. The number of aromatic nitrogens is 1. The standard InChI is InChI=1S/C17H20ClN3O/c1-20(2)10-11-21(13-14-6-5-7-15(18)12-14)17(22)16-8-3-4-9-19-16/h3-9,12H,10-11,13H2,1-2H3. The summed E-state index contributed by atoms with van der Waals surface area (Å²) in [6.45, 7) is 1.94. The van der Waals surface area contributed by atoms with Gasteiger partial charge in [-0.3, -0.25) is 9.78 Å². The highest BCUT2D eigenvalue weighted by Crippen LogP contribution is 2.14. The number of rotatable bonds is 6. The van der Waals surface area contributed by atoms with Crippen LogP contribution in [0.25, 0.3) is 0 Å². The van der Waals surface area contributed by atoms with Crippen LogP contribution in [0.2, 0.25) is 5.02 Å². The van der Waals surface area contributed by atoms with Crippen LogP contribution in [0.1, 0.15) is 16.1 Å². The second kappa shape index (κ2) is 7.92. The van der Waals surface area contributed by atoms with Crippen molar-refractivity contribution in [3.05, 3.63) is 64.9 Å². The van der Waals surface area contributed by atoms with E-state index in [9.17, 15) is 4.79 Å². The van der Waals surface area contributed by atoms with E-state index in [0.29, 0.717) is 23.8 Å². The van der Waals surface area contributed by atoms with Crippen molar-refractivity contribution in [3.8, 4) is 0 Å². The first kappa shape index (κ1) is 16.5. The summed E-state index contributed by atoms with van der Waals surface area (Å²) in [6.07, 6.45) is 1.64. The van der Waals surface area contributed by atoms with E-state index in [2.05, 4.69) is 9.88 Å². The van der Waals surface area contributed by atoms with Crippen molar-refractivity contribution >= 4 is 17.5 Å². The van der Waals surface area contributed by atoms with Crippen molar-refractivity contribution in [1.29, 1.82) is 0 Å². The lowest BCUT2D eigenvalue weighted by Crippen LogP contribution is -2.36. The van der Waals surface area contributed by atoms with Gasteiger partial charge >= 0.3 is 0 Å². The van der Waals surface area contributed by atoms with Crippen LogP contribution < -0.4 is 0 Å². The molecule has 1 aromatic carbocycles. The van der Waals surface area contributed by atoms with Crippen molar-refractivity contribution in [2.75, 3.05) is 27.2 Å². The van der Waals surface area contributed by atoms with Crippen molar-refractivity contribution in [2.45, 2.75) is 6.54 Å². The molecule has 22 heavy (non-hydrogen) atoms. The molecule has 0 saturated heterocycles. The highest BCUT2D eigenvalue weighted by atomic mass is 35.5. The molecule has 0 atom stereocenters. The van der Waals surface area contributed by atoms with Gasteiger partial charge in [0.2, 0.25) is 0 Å². The van der Waals surface area contributed by atoms with Crippen LogP contribution in [0.15, 0.2) is 48.7 Å². The Labute approximate surface area is 136 Å². The SMILES string of the molecule is CN(C)CCN(Cc1cccc(Cl)c1)C(=O)c1ccccn1. The van der Waals surface area contributed by atoms with Crippen molar-refractivity contribution < 1.29 is 4.79 Å². The van der Waals surface area contributed by atoms with Gasteiger partial charge < -0.3 is 9.80 Å². The fourth-order valence-electron chi connectivity index (χ4n) is 2.08. The molecule has 0 aliphatic rings. The summed E-state index contributed by atoms with van der Waals surface area (Å²) in [6, 6.07) is 12.9. The molecule has 0 N–H and O–H groups in total. The van der Waals surface area contributed by atoms with Gasteiger partial charge in [-0.1, -0.05) is 29.8 Å². The summed E-state index contributed by atoms with van der Waals surface area (Å²) in [5.74, 6) is -0.0672. The zero-order chi connectivity index (χ0) is 15.9. The Morgan fingerprint density at radius 1 is 1.14 bits per heavy atom. The van der Waals surface area contributed by atoms with E-state index in [0.717, 1.165) is 12.1 Å². The number of pyridine rings is 1. The molecule has 0 spiro atoms. The first-order chi connectivity index (χ1) is 10.6. The molecule has 0 unspecified atom stereocenters. The summed E-state index contributed by atoms with van der Waals surface area (Å²) in [7, 11) is 3.98. The molecule has 0 aliphatic heterocycles. The van der Waals surface area contributed by atoms with Gasteiger partial charge in [-0.15, -0.1) is 0 Å². The second-order valence-electron chi connectivity index (χ2n) is 5.37. The Kier molecular flexibility index (Phi) is 5.92. The molecule has 0 radical (unpaired) electrons. The number of amides is 1. The minimum absolute atomic E-state index is 0.0672. The van der Waals surface area contributed by atoms with Crippen molar-refractivity contribution in [2.24, 2.45) is 0 Å². The lowest BCUT2D eigenvalue weighted by Gasteiger charge is -2.24. The Hall–Kier alpha value is -1.91. The maximum Gasteiger partial charge on any atom is 0.272 e. The summed E-state index contributed by atoms with van der Waals surface area (Å²) >= 11 is 6.03. The molecule has 0 bridgehead atoms. The van der Waals surface area contributed by atoms with Gasteiger partial charge in [0.05, 0.1) is 0 Å². The van der Waals surface area contributed by atoms with Crippen LogP contribution in [-0.4, -0.2) is 47.9 Å². The van der Waals surface area contributed by atoms with Gasteiger partial charge in [0.15, 0.2) is 0 Å². The number of nitrogens with zero attached hydrogens (tertiary/aromatic N) is 3. The smallest absolute Gasteiger partial charge is 0.272 e. The zero-order valence-corrected chi connectivity index (χ0v) is 13.6. The maximum absolute atomic E-state index is 12.7. The zero-order valence-electron chi connectivity index (χ0n) is 12.9. The predicted octanol–water partition coefficient (Wildman–Crippen LogP) is 2.94. The third-order valence-corrected chi connectivity index (χ3v) is 3.49. The fraction of sp³-hybridized carbons (Fsp3) is 0.294. The molecule has 0 fully saturated rings. The number of halogens is 1. The molecule has 0 saturated carbocycles. The fourth-order valence-corrected chi connectivity index (χ4v) is 2.29. The lowest BCUT2D eigenvalue weighted by atomic mass is 10.2. The molecule has 1 aromatic heterocycles. The third-order valence-electron chi connectivity index (χ3n) is 3.25. The first-order valence-corrected chi connectivity index (χ1v) is 7.53. The third kappa shape index (κ3) is 4.83. The van der Waals surface area contributed by atoms with E-state index in [4.69, 9.17) is 11.6 Å². The number of carbonyl (C=O) groups is 1. The Balaban J connectivity index is 2.17. The molecular weight excluding hydrogens is 298 g/mol. The van der Waals surface area contributed by atoms with E-state index >= 15 is 0 Å². The number of hydrogen-bond acceptors (Lipinski definition) is 3. The predicted molar refractivity (Wildman–Crippen MR) is 89.0 cm³/mol. The highest BCUT2D eigenvalue weighted by Gasteiger charge is 2.17. The van der Waals surface area contributed by atoms with E-state index in [1.807, 2.05) is 44.4 Å². The van der Waals surface area contributed by atoms with E-state index in [1.165, 1.54) is 0 Å². The molecule has 2 rings (SSSR count). The van der Waals surface area contributed by atoms with Gasteiger partial charge in [-0.2, -0.15) is 0 Å². The van der Waals surface area contributed by atoms with Crippen molar-refractivity contribution in [3.63, 3.8) is 0 Å². The monoisotopic (exact) mass is 317 g/mol. The molecule has 4 nitrogen and oxygen atoms in total. The summed E-state index contributed by atoms with van der Waals surface area (Å²) in [5.41, 5.74) is 1.47. The van der Waals surface area contributed by atoms with E-state index < -0.39 is 0 Å². The van der Waals surface area contributed by atoms with Gasteiger partial charge in [-0.05, 0) is 43.9 Å². The quantitative estimate of drug-likeness (QED) is 0.822. The molecular formula is C17H20ClN3O. The highest BCUT2D eigenvalue weighted by molar-refractivity contribution is 6.30. The topological polar surface area (TPSA) is 36.4 Å². The van der Waals surface area contributed by atoms with E-state index in [1.54, 1.807) is 23.2 Å². The molecule has 1 heterocycles. The number of hydrogen-bond donors (Lipinski definition) is 0. The van der Waals surface area contributed by atoms with Gasteiger partial charge in [0.25, 0.3) is 5.91 Å². The molecule has 5 heteroatoms. The Morgan fingerprint density at radius 3 is 2.59 bits per heavy atom. The molecule has 2 aromatic rings. The van der Waals surface area contributed by atoms with Crippen LogP contribution in [0.5, 0.6) is 0 Å². The first-order valence-electron chi connectivity index (χ1n) is 7.16. The summed E-state index contributed by atoms with van der Waals surface area (Å²) in [5, 5.41) is 0.676. The van der Waals surface area contributed by atoms with Crippen LogP contribution >= 0.6 is 11.6 Å². The maximum atomic E-state index is 12.7. The lowest BCUT2D eigenvalue weighted by molar-refractivity contribution is 0.0726. The Bertz CT molecular complexity index is 616. The van der Waals surface area contributed by atoms with Gasteiger partial charge in [0.1, 0.15) is 5.69 Å². The largest absolute Gasteiger partial charge is 0.332 e. The summed E-state index contributed by atoms with van der Waals surface area (Å²) < 4.78 is 0. The van der Waals surface area contributed by atoms with Crippen LogP contribution in [0.3, 0.4) is 0 Å². The number of benzene rings is 1. The van der Waals surface area contributed by atoms with Gasteiger partial charge in [0, 0.05) is 30.9 Å².